The molecule has 6 nitrogen and oxygen atoms in total. The summed E-state index contributed by atoms with van der Waals surface area (Å²) in [5.41, 5.74) is 2.88. The molecule has 0 atom stereocenters. The van der Waals surface area contributed by atoms with Gasteiger partial charge >= 0.3 is 0 Å². The predicted octanol–water partition coefficient (Wildman–Crippen LogP) is 4.96. The minimum absolute atomic E-state index is 0.159. The number of pyridine rings is 1. The number of ether oxygens (including phenoxy) is 2. The fraction of sp³-hybridized carbons (Fsp3) is 0.0833. The van der Waals surface area contributed by atoms with E-state index in [1.54, 1.807) is 37.2 Å². The van der Waals surface area contributed by atoms with E-state index in [4.69, 9.17) is 14.5 Å². The first-order valence-electron chi connectivity index (χ1n) is 9.48. The summed E-state index contributed by atoms with van der Waals surface area (Å²) in [7, 11) is 3.21. The van der Waals surface area contributed by atoms with Crippen molar-refractivity contribution in [2.24, 2.45) is 0 Å². The lowest BCUT2D eigenvalue weighted by Crippen LogP contribution is -1.99. The quantitative estimate of drug-likeness (QED) is 0.464. The van der Waals surface area contributed by atoms with E-state index >= 15 is 0 Å². The Bertz CT molecular complexity index is 1380. The molecule has 0 saturated carbocycles. The maximum atomic E-state index is 10.5. The summed E-state index contributed by atoms with van der Waals surface area (Å²) in [5.74, 6) is 1.37. The van der Waals surface area contributed by atoms with Gasteiger partial charge in [-0.1, -0.05) is 30.3 Å². The van der Waals surface area contributed by atoms with Gasteiger partial charge in [0.05, 0.1) is 31.8 Å². The van der Waals surface area contributed by atoms with Gasteiger partial charge in [-0.2, -0.15) is 5.10 Å². The summed E-state index contributed by atoms with van der Waals surface area (Å²) in [6, 6.07) is 20.8. The summed E-state index contributed by atoms with van der Waals surface area (Å²) in [4.78, 5) is 4.95. The topological polar surface area (TPSA) is 69.4 Å². The number of benzene rings is 3. The van der Waals surface area contributed by atoms with E-state index in [1.165, 1.54) is 0 Å². The zero-order valence-corrected chi connectivity index (χ0v) is 16.5. The number of aromatic hydroxyl groups is 1. The number of fused-ring (bicyclic) bond motifs is 3. The van der Waals surface area contributed by atoms with Crippen LogP contribution in [0.2, 0.25) is 0 Å². The Morgan fingerprint density at radius 1 is 0.800 bits per heavy atom. The van der Waals surface area contributed by atoms with Crippen LogP contribution in [0.4, 0.5) is 0 Å². The largest absolute Gasteiger partial charge is 0.507 e. The molecule has 0 spiro atoms. The van der Waals surface area contributed by atoms with Crippen molar-refractivity contribution in [3.8, 4) is 34.2 Å². The van der Waals surface area contributed by atoms with E-state index in [0.29, 0.717) is 28.4 Å². The highest BCUT2D eigenvalue weighted by molar-refractivity contribution is 6.11. The van der Waals surface area contributed by atoms with Crippen molar-refractivity contribution in [1.29, 1.82) is 0 Å². The van der Waals surface area contributed by atoms with Crippen molar-refractivity contribution in [1.82, 2.24) is 14.8 Å². The number of methoxy groups -OCH3 is 2. The first-order valence-corrected chi connectivity index (χ1v) is 9.48. The van der Waals surface area contributed by atoms with E-state index in [9.17, 15) is 5.11 Å². The van der Waals surface area contributed by atoms with Crippen molar-refractivity contribution in [3.05, 3.63) is 72.9 Å². The molecule has 6 heteroatoms. The Labute approximate surface area is 172 Å². The maximum absolute atomic E-state index is 10.5. The van der Waals surface area contributed by atoms with Crippen molar-refractivity contribution in [3.63, 3.8) is 0 Å². The van der Waals surface area contributed by atoms with E-state index < -0.39 is 0 Å². The van der Waals surface area contributed by atoms with Crippen LogP contribution in [0, 0.1) is 0 Å². The highest BCUT2D eigenvalue weighted by Gasteiger charge is 2.19. The molecule has 0 amide bonds. The van der Waals surface area contributed by atoms with Gasteiger partial charge in [0.15, 0.2) is 17.1 Å². The molecule has 0 aliphatic heterocycles. The second kappa shape index (κ2) is 7.08. The van der Waals surface area contributed by atoms with Crippen LogP contribution in [-0.2, 0) is 0 Å². The molecule has 0 radical (unpaired) electrons. The van der Waals surface area contributed by atoms with Crippen LogP contribution in [0.3, 0.4) is 0 Å². The number of rotatable bonds is 4. The van der Waals surface area contributed by atoms with Crippen LogP contribution in [0.1, 0.15) is 0 Å². The first-order chi connectivity index (χ1) is 14.7. The summed E-state index contributed by atoms with van der Waals surface area (Å²) >= 11 is 0. The Hall–Kier alpha value is -4.06. The standard InChI is InChI=1S/C24H19N3O3/c1-29-21-12-17-18(13-22(21)30-2)23(16-10-6-7-11-20(16)28)26-24-19(17)14-25-27(24)15-8-4-3-5-9-15/h3-14,28H,1-2H3. The van der Waals surface area contributed by atoms with Gasteiger partial charge in [-0.3, -0.25) is 0 Å². The van der Waals surface area contributed by atoms with Crippen molar-refractivity contribution < 1.29 is 14.6 Å². The van der Waals surface area contributed by atoms with E-state index in [-0.39, 0.29) is 5.75 Å². The maximum Gasteiger partial charge on any atom is 0.164 e. The van der Waals surface area contributed by atoms with Crippen LogP contribution in [-0.4, -0.2) is 34.1 Å². The Kier molecular flexibility index (Phi) is 4.25. The monoisotopic (exact) mass is 397 g/mol. The summed E-state index contributed by atoms with van der Waals surface area (Å²) in [5, 5.41) is 17.8. The molecule has 0 bridgehead atoms. The van der Waals surface area contributed by atoms with Gasteiger partial charge in [-0.15, -0.1) is 0 Å². The highest BCUT2D eigenvalue weighted by atomic mass is 16.5. The normalized spacial score (nSPS) is 11.1. The number of para-hydroxylation sites is 2. The number of phenols is 1. The van der Waals surface area contributed by atoms with Crippen molar-refractivity contribution >= 4 is 21.8 Å². The van der Waals surface area contributed by atoms with Gasteiger partial charge < -0.3 is 14.6 Å². The van der Waals surface area contributed by atoms with Crippen LogP contribution >= 0.6 is 0 Å². The zero-order valence-electron chi connectivity index (χ0n) is 16.5. The smallest absolute Gasteiger partial charge is 0.164 e. The number of nitrogens with zero attached hydrogens (tertiary/aromatic N) is 3. The van der Waals surface area contributed by atoms with Crippen LogP contribution in [0.5, 0.6) is 17.2 Å². The molecule has 0 aliphatic rings. The molecule has 5 rings (SSSR count). The minimum Gasteiger partial charge on any atom is -0.507 e. The van der Waals surface area contributed by atoms with Gasteiger partial charge in [0.25, 0.3) is 0 Å². The molecular formula is C24H19N3O3. The molecule has 5 aromatic rings. The molecule has 30 heavy (non-hydrogen) atoms. The Morgan fingerprint density at radius 3 is 2.17 bits per heavy atom. The molecule has 0 unspecified atom stereocenters. The molecule has 1 N–H and O–H groups in total. The van der Waals surface area contributed by atoms with Crippen LogP contribution in [0.25, 0.3) is 38.8 Å². The summed E-state index contributed by atoms with van der Waals surface area (Å²) in [6.45, 7) is 0. The predicted molar refractivity (Wildman–Crippen MR) is 117 cm³/mol. The summed E-state index contributed by atoms with van der Waals surface area (Å²) in [6.07, 6.45) is 1.80. The van der Waals surface area contributed by atoms with Crippen LogP contribution in [0.15, 0.2) is 72.9 Å². The molecule has 0 aliphatic carbocycles. The number of aromatic nitrogens is 3. The zero-order chi connectivity index (χ0) is 20.7. The molecule has 2 heterocycles. The molecule has 0 saturated heterocycles. The lowest BCUT2D eigenvalue weighted by molar-refractivity contribution is 0.356. The third-order valence-electron chi connectivity index (χ3n) is 5.19. The third-order valence-corrected chi connectivity index (χ3v) is 5.19. The third kappa shape index (κ3) is 2.73. The lowest BCUT2D eigenvalue weighted by Gasteiger charge is -2.14. The Morgan fingerprint density at radius 2 is 1.47 bits per heavy atom. The van der Waals surface area contributed by atoms with Gasteiger partial charge in [0, 0.05) is 21.7 Å². The van der Waals surface area contributed by atoms with Crippen LogP contribution < -0.4 is 9.47 Å². The molecule has 0 fully saturated rings. The number of hydrogen-bond donors (Lipinski definition) is 1. The van der Waals surface area contributed by atoms with Gasteiger partial charge in [-0.05, 0) is 36.4 Å². The van der Waals surface area contributed by atoms with Gasteiger partial charge in [-0.25, -0.2) is 9.67 Å². The summed E-state index contributed by atoms with van der Waals surface area (Å²) < 4.78 is 12.8. The first kappa shape index (κ1) is 18.0. The van der Waals surface area contributed by atoms with E-state index in [2.05, 4.69) is 5.10 Å². The number of hydrogen-bond acceptors (Lipinski definition) is 5. The molecule has 3 aromatic carbocycles. The van der Waals surface area contributed by atoms with Crippen molar-refractivity contribution in [2.45, 2.75) is 0 Å². The van der Waals surface area contributed by atoms with Gasteiger partial charge in [0.1, 0.15) is 5.75 Å². The molecule has 148 valence electrons. The number of phenolic OH excluding ortho intramolecular Hbond substituents is 1. The average Bonchev–Trinajstić information content (AvgIpc) is 3.22. The second-order valence-electron chi connectivity index (χ2n) is 6.86. The SMILES string of the molecule is COc1cc2c(-c3ccccc3O)nc3c(cnn3-c3ccccc3)c2cc1OC. The minimum atomic E-state index is 0.159. The molecular weight excluding hydrogens is 378 g/mol. The van der Waals surface area contributed by atoms with Gasteiger partial charge in [0.2, 0.25) is 0 Å². The van der Waals surface area contributed by atoms with E-state index in [1.807, 2.05) is 54.6 Å². The molecule has 2 aromatic heterocycles. The Balaban J connectivity index is 1.93. The fourth-order valence-electron chi connectivity index (χ4n) is 3.74. The highest BCUT2D eigenvalue weighted by Crippen LogP contribution is 2.41. The van der Waals surface area contributed by atoms with E-state index in [0.717, 1.165) is 21.8 Å². The second-order valence-corrected chi connectivity index (χ2v) is 6.86. The lowest BCUT2D eigenvalue weighted by atomic mass is 10.0. The fourth-order valence-corrected chi connectivity index (χ4v) is 3.74. The average molecular weight is 397 g/mol. The van der Waals surface area contributed by atoms with Crippen molar-refractivity contribution in [2.75, 3.05) is 14.2 Å².